The maximum absolute atomic E-state index is 14.0. The SMILES string of the molecule is CCCC1CCC(C2=CCC(C3CCC(COc4ccc(C)c(F)c4F)CC3)OC2)CC1. The molecule has 0 bridgehead atoms. The minimum Gasteiger partial charge on any atom is -0.490 e. The highest BCUT2D eigenvalue weighted by molar-refractivity contribution is 5.30. The molecular formula is C28H40F2O2. The van der Waals surface area contributed by atoms with E-state index < -0.39 is 11.6 Å². The summed E-state index contributed by atoms with van der Waals surface area (Å²) in [6.07, 6.45) is 16.5. The number of aryl methyl sites for hydroxylation is 1. The summed E-state index contributed by atoms with van der Waals surface area (Å²) < 4.78 is 39.8. The molecule has 2 nitrogen and oxygen atoms in total. The lowest BCUT2D eigenvalue weighted by molar-refractivity contribution is -0.00572. The summed E-state index contributed by atoms with van der Waals surface area (Å²) in [6, 6.07) is 3.11. The maximum Gasteiger partial charge on any atom is 0.200 e. The molecule has 1 atom stereocenters. The van der Waals surface area contributed by atoms with Crippen LogP contribution in [0, 0.1) is 42.2 Å². The van der Waals surface area contributed by atoms with E-state index in [2.05, 4.69) is 13.0 Å². The van der Waals surface area contributed by atoms with Gasteiger partial charge in [0.15, 0.2) is 11.6 Å². The predicted octanol–water partition coefficient (Wildman–Crippen LogP) is 7.78. The second-order valence-corrected chi connectivity index (χ2v) is 10.5. The zero-order valence-corrected chi connectivity index (χ0v) is 19.9. The van der Waals surface area contributed by atoms with E-state index in [0.29, 0.717) is 30.1 Å². The van der Waals surface area contributed by atoms with E-state index in [1.807, 2.05) is 0 Å². The molecule has 32 heavy (non-hydrogen) atoms. The van der Waals surface area contributed by atoms with Crippen molar-refractivity contribution in [3.8, 4) is 5.75 Å². The minimum absolute atomic E-state index is 0.0345. The molecule has 1 heterocycles. The molecule has 0 spiro atoms. The van der Waals surface area contributed by atoms with E-state index in [0.717, 1.165) is 50.5 Å². The van der Waals surface area contributed by atoms with E-state index in [1.54, 1.807) is 18.6 Å². The first-order valence-electron chi connectivity index (χ1n) is 12.9. The average Bonchev–Trinajstić information content (AvgIpc) is 2.83. The van der Waals surface area contributed by atoms with Gasteiger partial charge in [0.2, 0.25) is 5.82 Å². The molecule has 1 unspecified atom stereocenters. The van der Waals surface area contributed by atoms with Gasteiger partial charge in [-0.3, -0.25) is 0 Å². The van der Waals surface area contributed by atoms with Crippen molar-refractivity contribution in [2.45, 2.75) is 90.6 Å². The van der Waals surface area contributed by atoms with Crippen LogP contribution >= 0.6 is 0 Å². The van der Waals surface area contributed by atoms with Gasteiger partial charge >= 0.3 is 0 Å². The Balaban J connectivity index is 1.19. The van der Waals surface area contributed by atoms with Gasteiger partial charge in [-0.05, 0) is 106 Å². The Morgan fingerprint density at radius 3 is 2.31 bits per heavy atom. The molecule has 1 aliphatic heterocycles. The molecule has 4 heteroatoms. The fraction of sp³-hybridized carbons (Fsp3) is 0.714. The van der Waals surface area contributed by atoms with Crippen LogP contribution in [0.15, 0.2) is 23.8 Å². The van der Waals surface area contributed by atoms with Gasteiger partial charge in [-0.25, -0.2) is 4.39 Å². The molecule has 2 aliphatic carbocycles. The lowest BCUT2D eigenvalue weighted by atomic mass is 9.75. The van der Waals surface area contributed by atoms with Gasteiger partial charge in [0.25, 0.3) is 0 Å². The molecule has 0 saturated heterocycles. The third kappa shape index (κ3) is 5.73. The number of ether oxygens (including phenoxy) is 2. The normalized spacial score (nSPS) is 31.2. The molecule has 0 aromatic heterocycles. The average molecular weight is 447 g/mol. The van der Waals surface area contributed by atoms with Gasteiger partial charge in [0.05, 0.1) is 19.3 Å². The Morgan fingerprint density at radius 2 is 1.66 bits per heavy atom. The number of halogens is 2. The van der Waals surface area contributed by atoms with Gasteiger partial charge in [0.1, 0.15) is 0 Å². The van der Waals surface area contributed by atoms with Crippen LogP contribution in [0.25, 0.3) is 0 Å². The summed E-state index contributed by atoms with van der Waals surface area (Å²) >= 11 is 0. The van der Waals surface area contributed by atoms with Crippen LogP contribution in [0.5, 0.6) is 5.75 Å². The van der Waals surface area contributed by atoms with Gasteiger partial charge in [-0.1, -0.05) is 31.9 Å². The van der Waals surface area contributed by atoms with Crippen LogP contribution in [-0.2, 0) is 4.74 Å². The molecule has 3 aliphatic rings. The Labute approximate surface area is 192 Å². The zero-order chi connectivity index (χ0) is 22.5. The van der Waals surface area contributed by atoms with Crippen molar-refractivity contribution in [3.63, 3.8) is 0 Å². The van der Waals surface area contributed by atoms with E-state index in [1.165, 1.54) is 44.6 Å². The predicted molar refractivity (Wildman–Crippen MR) is 125 cm³/mol. The molecule has 4 rings (SSSR count). The Kier molecular flexibility index (Phi) is 8.26. The Hall–Kier alpha value is -1.42. The monoisotopic (exact) mass is 446 g/mol. The summed E-state index contributed by atoms with van der Waals surface area (Å²) in [5, 5.41) is 0. The molecule has 0 amide bonds. The maximum atomic E-state index is 14.0. The highest BCUT2D eigenvalue weighted by Gasteiger charge is 2.32. The van der Waals surface area contributed by atoms with E-state index in [9.17, 15) is 8.78 Å². The van der Waals surface area contributed by atoms with Crippen LogP contribution in [0.1, 0.15) is 83.1 Å². The van der Waals surface area contributed by atoms with Crippen LogP contribution in [0.3, 0.4) is 0 Å². The summed E-state index contributed by atoms with van der Waals surface area (Å²) in [4.78, 5) is 0. The molecule has 0 N–H and O–H groups in total. The number of benzene rings is 1. The molecule has 2 fully saturated rings. The van der Waals surface area contributed by atoms with E-state index in [4.69, 9.17) is 9.47 Å². The quantitative estimate of drug-likeness (QED) is 0.398. The van der Waals surface area contributed by atoms with Crippen molar-refractivity contribution in [3.05, 3.63) is 41.0 Å². The topological polar surface area (TPSA) is 18.5 Å². The van der Waals surface area contributed by atoms with E-state index >= 15 is 0 Å². The molecule has 2 saturated carbocycles. The highest BCUT2D eigenvalue weighted by Crippen LogP contribution is 2.39. The molecule has 0 radical (unpaired) electrons. The summed E-state index contributed by atoms with van der Waals surface area (Å²) in [5.41, 5.74) is 1.87. The van der Waals surface area contributed by atoms with Crippen molar-refractivity contribution in [1.82, 2.24) is 0 Å². The standard InChI is InChI=1S/C28H40F2O2/c1-3-4-20-6-10-22(11-7-20)24-14-16-25(32-18-24)23-12-8-21(9-13-23)17-31-26-15-5-19(2)27(29)28(26)30/h5,14-15,20-23,25H,3-4,6-13,16-18H2,1-2H3. The highest BCUT2D eigenvalue weighted by atomic mass is 19.2. The van der Waals surface area contributed by atoms with Gasteiger partial charge in [-0.15, -0.1) is 0 Å². The smallest absolute Gasteiger partial charge is 0.200 e. The second-order valence-electron chi connectivity index (χ2n) is 10.5. The summed E-state index contributed by atoms with van der Waals surface area (Å²) in [6.45, 7) is 5.15. The van der Waals surface area contributed by atoms with Crippen LogP contribution in [0.4, 0.5) is 8.78 Å². The third-order valence-electron chi connectivity index (χ3n) is 8.28. The zero-order valence-electron chi connectivity index (χ0n) is 19.9. The number of rotatable bonds is 7. The van der Waals surface area contributed by atoms with Crippen molar-refractivity contribution >= 4 is 0 Å². The number of hydrogen-bond acceptors (Lipinski definition) is 2. The number of hydrogen-bond donors (Lipinski definition) is 0. The Bertz CT molecular complexity index is 774. The van der Waals surface area contributed by atoms with Crippen molar-refractivity contribution < 1.29 is 18.3 Å². The first-order chi connectivity index (χ1) is 15.5. The molecule has 1 aromatic carbocycles. The van der Waals surface area contributed by atoms with Crippen LogP contribution < -0.4 is 4.74 Å². The summed E-state index contributed by atoms with van der Waals surface area (Å²) in [5.74, 6) is 1.09. The van der Waals surface area contributed by atoms with Gasteiger partial charge < -0.3 is 9.47 Å². The Morgan fingerprint density at radius 1 is 0.938 bits per heavy atom. The molecule has 1 aromatic rings. The van der Waals surface area contributed by atoms with Gasteiger partial charge in [-0.2, -0.15) is 4.39 Å². The lowest BCUT2D eigenvalue weighted by Crippen LogP contribution is -2.33. The lowest BCUT2D eigenvalue weighted by Gasteiger charge is -2.37. The first-order valence-corrected chi connectivity index (χ1v) is 12.9. The van der Waals surface area contributed by atoms with Crippen molar-refractivity contribution in [2.75, 3.05) is 13.2 Å². The third-order valence-corrected chi connectivity index (χ3v) is 8.28. The largest absolute Gasteiger partial charge is 0.490 e. The molecular weight excluding hydrogens is 406 g/mol. The van der Waals surface area contributed by atoms with Crippen molar-refractivity contribution in [2.24, 2.45) is 23.7 Å². The second kappa shape index (κ2) is 11.1. The first kappa shape index (κ1) is 23.7. The fourth-order valence-electron chi connectivity index (χ4n) is 6.12. The minimum atomic E-state index is -0.865. The van der Waals surface area contributed by atoms with Crippen molar-refractivity contribution in [1.29, 1.82) is 0 Å². The molecule has 178 valence electrons. The van der Waals surface area contributed by atoms with Crippen LogP contribution in [-0.4, -0.2) is 19.3 Å². The summed E-state index contributed by atoms with van der Waals surface area (Å²) in [7, 11) is 0. The fourth-order valence-corrected chi connectivity index (χ4v) is 6.12. The van der Waals surface area contributed by atoms with Gasteiger partial charge in [0, 0.05) is 0 Å². The van der Waals surface area contributed by atoms with Crippen LogP contribution in [0.2, 0.25) is 0 Å². The van der Waals surface area contributed by atoms with E-state index in [-0.39, 0.29) is 5.75 Å².